The molecule has 1 aromatic heterocycles. The van der Waals surface area contributed by atoms with E-state index in [1.165, 1.54) is 12.1 Å². The zero-order valence-corrected chi connectivity index (χ0v) is 20.4. The van der Waals surface area contributed by atoms with Gasteiger partial charge in [-0.1, -0.05) is 18.2 Å². The molecule has 2 atom stereocenters. The Labute approximate surface area is 206 Å². The van der Waals surface area contributed by atoms with E-state index in [9.17, 15) is 9.50 Å². The highest BCUT2D eigenvalue weighted by molar-refractivity contribution is 5.43. The fraction of sp³-hybridized carbons (Fsp3) is 0.444. The summed E-state index contributed by atoms with van der Waals surface area (Å²) in [5.74, 6) is 0.764. The van der Waals surface area contributed by atoms with Gasteiger partial charge in [0, 0.05) is 32.8 Å². The minimum Gasteiger partial charge on any atom is -0.439 e. The van der Waals surface area contributed by atoms with Crippen LogP contribution < -0.4 is 4.74 Å². The van der Waals surface area contributed by atoms with Gasteiger partial charge in [0.15, 0.2) is 0 Å². The average Bonchev–Trinajstić information content (AvgIpc) is 3.48. The molecule has 3 aromatic rings. The topological polar surface area (TPSA) is 69.0 Å². The highest BCUT2D eigenvalue weighted by atomic mass is 19.1. The summed E-state index contributed by atoms with van der Waals surface area (Å²) in [7, 11) is 0. The molecule has 1 fully saturated rings. The number of aryl methyl sites for hydroxylation is 1. The maximum Gasteiger partial charge on any atom is 0.227 e. The predicted molar refractivity (Wildman–Crippen MR) is 132 cm³/mol. The Kier molecular flexibility index (Phi) is 8.87. The third kappa shape index (κ3) is 6.89. The Morgan fingerprint density at radius 1 is 1.20 bits per heavy atom. The van der Waals surface area contributed by atoms with Crippen molar-refractivity contribution < 1.29 is 23.7 Å². The molecule has 2 heterocycles. The second kappa shape index (κ2) is 12.3. The Morgan fingerprint density at radius 3 is 2.66 bits per heavy atom. The molecule has 4 rings (SSSR count). The van der Waals surface area contributed by atoms with E-state index in [-0.39, 0.29) is 18.5 Å². The number of nitrogens with zero attached hydrogens (tertiary/aromatic N) is 3. The van der Waals surface area contributed by atoms with Crippen LogP contribution in [0.3, 0.4) is 0 Å². The molecule has 0 saturated carbocycles. The van der Waals surface area contributed by atoms with Crippen molar-refractivity contribution in [2.45, 2.75) is 45.4 Å². The third-order valence-corrected chi connectivity index (χ3v) is 6.02. The number of benzene rings is 2. The first-order valence-electron chi connectivity index (χ1n) is 12.2. The molecule has 8 heteroatoms. The third-order valence-electron chi connectivity index (χ3n) is 6.02. The average molecular weight is 484 g/mol. The van der Waals surface area contributed by atoms with Gasteiger partial charge in [-0.15, -0.1) is 0 Å². The molecule has 35 heavy (non-hydrogen) atoms. The zero-order chi connectivity index (χ0) is 24.6. The van der Waals surface area contributed by atoms with Crippen molar-refractivity contribution in [2.75, 3.05) is 32.9 Å². The van der Waals surface area contributed by atoms with Gasteiger partial charge in [0.25, 0.3) is 0 Å². The van der Waals surface area contributed by atoms with E-state index in [1.807, 2.05) is 44.2 Å². The first kappa shape index (κ1) is 25.3. The van der Waals surface area contributed by atoms with Crippen molar-refractivity contribution in [3.05, 3.63) is 71.7 Å². The second-order valence-electron chi connectivity index (χ2n) is 8.81. The SMILES string of the molecule is CCOC[C@H](O)CN(Cc1c(C)nn(-c2ccccc2)c1Oc1ccc(F)cc1)C[C@H]1CCCO1. The minimum absolute atomic E-state index is 0.125. The number of hydrogen-bond acceptors (Lipinski definition) is 6. The summed E-state index contributed by atoms with van der Waals surface area (Å²) in [6.07, 6.45) is 1.55. The van der Waals surface area contributed by atoms with Gasteiger partial charge in [0.1, 0.15) is 11.6 Å². The molecule has 0 spiro atoms. The van der Waals surface area contributed by atoms with Gasteiger partial charge in [-0.2, -0.15) is 5.10 Å². The van der Waals surface area contributed by atoms with Crippen molar-refractivity contribution in [3.63, 3.8) is 0 Å². The Balaban J connectivity index is 1.65. The van der Waals surface area contributed by atoms with Gasteiger partial charge in [-0.3, -0.25) is 4.90 Å². The van der Waals surface area contributed by atoms with E-state index < -0.39 is 6.10 Å². The summed E-state index contributed by atoms with van der Waals surface area (Å²) in [5.41, 5.74) is 2.59. The van der Waals surface area contributed by atoms with Crippen molar-refractivity contribution >= 4 is 0 Å². The van der Waals surface area contributed by atoms with E-state index in [2.05, 4.69) is 4.90 Å². The first-order chi connectivity index (χ1) is 17.0. The van der Waals surface area contributed by atoms with Gasteiger partial charge >= 0.3 is 0 Å². The van der Waals surface area contributed by atoms with E-state index in [0.717, 1.165) is 36.4 Å². The largest absolute Gasteiger partial charge is 0.439 e. The number of aliphatic hydroxyl groups is 1. The van der Waals surface area contributed by atoms with Crippen molar-refractivity contribution in [1.29, 1.82) is 0 Å². The van der Waals surface area contributed by atoms with Crippen LogP contribution >= 0.6 is 0 Å². The highest BCUT2D eigenvalue weighted by Crippen LogP contribution is 2.32. The number of aromatic nitrogens is 2. The van der Waals surface area contributed by atoms with Crippen LogP contribution in [0.1, 0.15) is 31.0 Å². The van der Waals surface area contributed by atoms with Crippen molar-refractivity contribution in [3.8, 4) is 17.3 Å². The maximum absolute atomic E-state index is 13.5. The van der Waals surface area contributed by atoms with Crippen LogP contribution in [0.4, 0.5) is 4.39 Å². The van der Waals surface area contributed by atoms with Crippen LogP contribution in [-0.4, -0.2) is 64.9 Å². The Hall–Kier alpha value is -2.78. The summed E-state index contributed by atoms with van der Waals surface area (Å²) in [6.45, 7) is 7.11. The summed E-state index contributed by atoms with van der Waals surface area (Å²) in [6, 6.07) is 15.7. The molecule has 2 aromatic carbocycles. The molecule has 188 valence electrons. The quantitative estimate of drug-likeness (QED) is 0.409. The van der Waals surface area contributed by atoms with Crippen LogP contribution in [0.15, 0.2) is 54.6 Å². The molecule has 7 nitrogen and oxygen atoms in total. The number of hydrogen-bond donors (Lipinski definition) is 1. The molecule has 0 bridgehead atoms. The van der Waals surface area contributed by atoms with Crippen LogP contribution in [0, 0.1) is 12.7 Å². The van der Waals surface area contributed by atoms with Gasteiger partial charge in [0.2, 0.25) is 5.88 Å². The standard InChI is InChI=1S/C27H34FN3O4/c1-3-33-19-23(32)16-30(17-25-10-7-15-34-25)18-26-20(2)29-31(22-8-5-4-6-9-22)27(26)35-24-13-11-21(28)12-14-24/h4-6,8-9,11-14,23,25,32H,3,7,10,15-19H2,1-2H3/t23-,25-/m1/s1. The van der Waals surface area contributed by atoms with Crippen LogP contribution in [0.2, 0.25) is 0 Å². The molecule has 1 aliphatic rings. The number of ether oxygens (including phenoxy) is 3. The molecule has 0 unspecified atom stereocenters. The predicted octanol–water partition coefficient (Wildman–Crippen LogP) is 4.49. The smallest absolute Gasteiger partial charge is 0.227 e. The second-order valence-corrected chi connectivity index (χ2v) is 8.81. The van der Waals surface area contributed by atoms with Crippen LogP contribution in [0.25, 0.3) is 5.69 Å². The number of aliphatic hydroxyl groups excluding tert-OH is 1. The maximum atomic E-state index is 13.5. The lowest BCUT2D eigenvalue weighted by Crippen LogP contribution is -2.39. The van der Waals surface area contributed by atoms with Crippen molar-refractivity contribution in [1.82, 2.24) is 14.7 Å². The minimum atomic E-state index is -0.623. The van der Waals surface area contributed by atoms with E-state index in [4.69, 9.17) is 19.3 Å². The lowest BCUT2D eigenvalue weighted by molar-refractivity contribution is 0.00498. The molecule has 0 radical (unpaired) electrons. The van der Waals surface area contributed by atoms with Gasteiger partial charge < -0.3 is 19.3 Å². The zero-order valence-electron chi connectivity index (χ0n) is 20.4. The van der Waals surface area contributed by atoms with Crippen LogP contribution in [0.5, 0.6) is 11.6 Å². The Bertz CT molecular complexity index is 1050. The van der Waals surface area contributed by atoms with E-state index in [1.54, 1.807) is 16.8 Å². The van der Waals surface area contributed by atoms with Crippen molar-refractivity contribution in [2.24, 2.45) is 0 Å². The van der Waals surface area contributed by atoms with E-state index in [0.29, 0.717) is 37.9 Å². The van der Waals surface area contributed by atoms with Gasteiger partial charge in [-0.25, -0.2) is 9.07 Å². The summed E-state index contributed by atoms with van der Waals surface area (Å²) in [5, 5.41) is 15.4. The summed E-state index contributed by atoms with van der Waals surface area (Å²) >= 11 is 0. The lowest BCUT2D eigenvalue weighted by atomic mass is 10.1. The van der Waals surface area contributed by atoms with Gasteiger partial charge in [-0.05, 0) is 63.1 Å². The molecule has 1 saturated heterocycles. The first-order valence-corrected chi connectivity index (χ1v) is 12.2. The molecule has 0 amide bonds. The van der Waals surface area contributed by atoms with Crippen LogP contribution in [-0.2, 0) is 16.0 Å². The summed E-state index contributed by atoms with van der Waals surface area (Å²) in [4.78, 5) is 2.18. The molecule has 1 aliphatic heterocycles. The highest BCUT2D eigenvalue weighted by Gasteiger charge is 2.26. The normalized spacial score (nSPS) is 16.7. The molecule has 0 aliphatic carbocycles. The fourth-order valence-electron chi connectivity index (χ4n) is 4.29. The number of rotatable bonds is 12. The monoisotopic (exact) mass is 483 g/mol. The number of para-hydroxylation sites is 1. The lowest BCUT2D eigenvalue weighted by Gasteiger charge is -2.27. The van der Waals surface area contributed by atoms with Gasteiger partial charge in [0.05, 0.1) is 35.8 Å². The molecule has 1 N–H and O–H groups in total. The molecular formula is C27H34FN3O4. The van der Waals surface area contributed by atoms with E-state index >= 15 is 0 Å². The summed E-state index contributed by atoms with van der Waals surface area (Å²) < 4.78 is 32.9. The number of halogens is 1. The molecular weight excluding hydrogens is 449 g/mol. The Morgan fingerprint density at radius 2 is 1.97 bits per heavy atom. The fourth-order valence-corrected chi connectivity index (χ4v) is 4.29.